The van der Waals surface area contributed by atoms with Gasteiger partial charge in [0.1, 0.15) is 17.4 Å². The van der Waals surface area contributed by atoms with E-state index in [9.17, 15) is 9.59 Å². The number of esters is 2. The lowest BCUT2D eigenvalue weighted by molar-refractivity contribution is 0.0594. The molecule has 0 atom stereocenters. The summed E-state index contributed by atoms with van der Waals surface area (Å²) >= 11 is 17.6. The summed E-state index contributed by atoms with van der Waals surface area (Å²) in [5.41, 5.74) is 6.63. The Balaban J connectivity index is 0.000000155. The van der Waals surface area contributed by atoms with Gasteiger partial charge < -0.3 is 19.0 Å². The zero-order chi connectivity index (χ0) is 39.1. The molecule has 0 fully saturated rings. The van der Waals surface area contributed by atoms with Gasteiger partial charge in [0.05, 0.1) is 58.6 Å². The third kappa shape index (κ3) is 8.64. The van der Waals surface area contributed by atoms with Gasteiger partial charge in [-0.3, -0.25) is 9.97 Å². The lowest BCUT2D eigenvalue weighted by Crippen LogP contribution is -2.01. The van der Waals surface area contributed by atoms with Crippen molar-refractivity contribution in [3.05, 3.63) is 147 Å². The van der Waals surface area contributed by atoms with Crippen LogP contribution in [0.2, 0.25) is 10.0 Å². The number of alkyl halides is 1. The van der Waals surface area contributed by atoms with E-state index in [1.54, 1.807) is 30.7 Å². The van der Waals surface area contributed by atoms with Crippen molar-refractivity contribution in [3.8, 4) is 6.07 Å². The number of halogens is 3. The van der Waals surface area contributed by atoms with Crippen LogP contribution in [0.4, 0.5) is 5.69 Å². The molecule has 8 rings (SSSR count). The summed E-state index contributed by atoms with van der Waals surface area (Å²) in [4.78, 5) is 46.5. The second-order valence-corrected chi connectivity index (χ2v) is 12.9. The Morgan fingerprint density at radius 2 is 1.45 bits per heavy atom. The Morgan fingerprint density at radius 3 is 2.07 bits per heavy atom. The normalized spacial score (nSPS) is 10.5. The van der Waals surface area contributed by atoms with Crippen LogP contribution in [0.25, 0.3) is 48.7 Å². The van der Waals surface area contributed by atoms with Crippen molar-refractivity contribution in [2.45, 2.75) is 12.4 Å². The van der Waals surface area contributed by atoms with Gasteiger partial charge in [-0.05, 0) is 59.7 Å². The molecule has 15 heteroatoms. The number of nitrogens with zero attached hydrogens (tertiary/aromatic N) is 7. The van der Waals surface area contributed by atoms with E-state index >= 15 is 0 Å². The highest BCUT2D eigenvalue weighted by atomic mass is 35.5. The third-order valence-corrected chi connectivity index (χ3v) is 8.95. The molecular formula is C40H27Cl3N8O4. The number of fused-ring (bicyclic) bond motifs is 4. The number of methoxy groups -OCH3 is 2. The van der Waals surface area contributed by atoms with E-state index in [-0.39, 0.29) is 0 Å². The zero-order valence-electron chi connectivity index (χ0n) is 29.0. The number of rotatable bonds is 5. The number of carbonyl (C=O) groups excluding carboxylic acids is 2. The van der Waals surface area contributed by atoms with Gasteiger partial charge in [-0.2, -0.15) is 5.26 Å². The molecule has 0 amide bonds. The second kappa shape index (κ2) is 17.1. The van der Waals surface area contributed by atoms with Gasteiger partial charge in [0.2, 0.25) is 5.69 Å². The summed E-state index contributed by atoms with van der Waals surface area (Å²) < 4.78 is 11.3. The predicted octanol–water partition coefficient (Wildman–Crippen LogP) is 9.47. The van der Waals surface area contributed by atoms with Crippen molar-refractivity contribution >= 4 is 96.3 Å². The van der Waals surface area contributed by atoms with Crippen LogP contribution < -0.4 is 0 Å². The lowest BCUT2D eigenvalue weighted by atomic mass is 10.1. The van der Waals surface area contributed by atoms with E-state index in [0.29, 0.717) is 66.9 Å². The number of aromatic amines is 1. The fourth-order valence-corrected chi connectivity index (χ4v) is 6.14. The first-order valence-corrected chi connectivity index (χ1v) is 17.5. The van der Waals surface area contributed by atoms with E-state index in [0.717, 1.165) is 32.9 Å². The Kier molecular flexibility index (Phi) is 11.8. The molecular weight excluding hydrogens is 763 g/mol. The molecule has 0 spiro atoms. The minimum atomic E-state index is -0.461. The highest BCUT2D eigenvalue weighted by Crippen LogP contribution is 2.27. The van der Waals surface area contributed by atoms with Gasteiger partial charge in [0.15, 0.2) is 0 Å². The van der Waals surface area contributed by atoms with Crippen molar-refractivity contribution in [3.63, 3.8) is 0 Å². The first-order valence-electron chi connectivity index (χ1n) is 16.2. The number of hydrogen-bond donors (Lipinski definition) is 1. The Hall–Kier alpha value is -6.57. The monoisotopic (exact) mass is 788 g/mol. The van der Waals surface area contributed by atoms with Crippen LogP contribution >= 0.6 is 34.8 Å². The number of H-pyrrole nitrogens is 1. The highest BCUT2D eigenvalue weighted by molar-refractivity contribution is 6.31. The number of benzene rings is 2. The molecule has 12 nitrogen and oxygen atoms in total. The Bertz CT molecular complexity index is 2820. The quantitative estimate of drug-likeness (QED) is 0.102. The molecule has 0 aliphatic rings. The molecule has 0 radical (unpaired) electrons. The molecule has 272 valence electrons. The van der Waals surface area contributed by atoms with Gasteiger partial charge in [-0.1, -0.05) is 35.3 Å². The molecule has 6 heterocycles. The van der Waals surface area contributed by atoms with Crippen LogP contribution in [0.3, 0.4) is 0 Å². The van der Waals surface area contributed by atoms with Crippen LogP contribution in [-0.2, 0) is 21.9 Å². The minimum Gasteiger partial charge on any atom is -0.465 e. The lowest BCUT2D eigenvalue weighted by Gasteiger charge is -2.07. The van der Waals surface area contributed by atoms with Crippen molar-refractivity contribution in [2.75, 3.05) is 14.2 Å². The largest absolute Gasteiger partial charge is 0.465 e. The van der Waals surface area contributed by atoms with Crippen LogP contribution in [0.15, 0.2) is 97.8 Å². The molecule has 0 saturated carbocycles. The topological polar surface area (TPSA) is 153 Å². The van der Waals surface area contributed by atoms with Gasteiger partial charge in [-0.25, -0.2) is 24.4 Å². The number of carbonyl (C=O) groups is 2. The molecule has 0 aliphatic heterocycles. The average molecular weight is 790 g/mol. The van der Waals surface area contributed by atoms with Gasteiger partial charge in [-0.15, -0.1) is 11.6 Å². The van der Waals surface area contributed by atoms with E-state index in [1.165, 1.54) is 32.8 Å². The van der Waals surface area contributed by atoms with Crippen LogP contribution in [0, 0.1) is 17.9 Å². The zero-order valence-corrected chi connectivity index (χ0v) is 31.3. The van der Waals surface area contributed by atoms with Crippen molar-refractivity contribution in [1.82, 2.24) is 29.5 Å². The maximum absolute atomic E-state index is 12.1. The predicted molar refractivity (Wildman–Crippen MR) is 212 cm³/mol. The van der Waals surface area contributed by atoms with Crippen LogP contribution in [0.5, 0.6) is 0 Å². The summed E-state index contributed by atoms with van der Waals surface area (Å²) in [5.74, 6) is -0.391. The summed E-state index contributed by atoms with van der Waals surface area (Å²) in [7, 11) is 2.64. The molecule has 55 heavy (non-hydrogen) atoms. The second-order valence-electron chi connectivity index (χ2n) is 11.8. The maximum Gasteiger partial charge on any atom is 0.340 e. The van der Waals surface area contributed by atoms with Crippen molar-refractivity contribution < 1.29 is 19.1 Å². The molecule has 0 aliphatic carbocycles. The number of nitriles is 1. The molecule has 2 aromatic carbocycles. The summed E-state index contributed by atoms with van der Waals surface area (Å²) in [6, 6.07) is 20.8. The molecule has 0 saturated heterocycles. The SMILES string of the molecule is COC(=O)c1c[nH]c2ncc(C#N)cc12.ClCc1ccc2ncc(Cl)cc2c1.[C-]#[N+]c1cnc2c(c1)c(C(=O)OC)cn2Cc1ccc2ncc(Cl)cc2c1. The van der Waals surface area contributed by atoms with Crippen LogP contribution in [-0.4, -0.2) is 55.6 Å². The van der Waals surface area contributed by atoms with Crippen molar-refractivity contribution in [1.29, 1.82) is 5.26 Å². The molecule has 0 unspecified atom stereocenters. The van der Waals surface area contributed by atoms with E-state index in [4.69, 9.17) is 51.4 Å². The van der Waals surface area contributed by atoms with Gasteiger partial charge in [0, 0.05) is 71.2 Å². The van der Waals surface area contributed by atoms with E-state index < -0.39 is 11.9 Å². The summed E-state index contributed by atoms with van der Waals surface area (Å²) in [6.45, 7) is 7.67. The first-order chi connectivity index (χ1) is 26.6. The van der Waals surface area contributed by atoms with E-state index in [1.807, 2.05) is 59.2 Å². The standard InChI is InChI=1S/C20H13ClN4O2.C10H7Cl2N.C10H7N3O2/c1-22-15-7-16-17(20(26)27-2)11-25(19(16)24-9-15)10-12-3-4-18-13(5-12)6-14(21)8-23-18;11-5-7-1-2-10-8(3-7)4-9(12)6-13-10;1-15-10(14)8-5-13-9-7(8)2-6(3-11)4-12-9/h3-9,11H,10H2,2H3;1-4,6H,5H2;2,4-5H,1H3,(H,12,13). The molecule has 0 bridgehead atoms. The Morgan fingerprint density at radius 1 is 0.818 bits per heavy atom. The number of aromatic nitrogens is 6. The summed E-state index contributed by atoms with van der Waals surface area (Å²) in [6.07, 6.45) is 9.42. The van der Waals surface area contributed by atoms with Crippen molar-refractivity contribution in [2.24, 2.45) is 0 Å². The van der Waals surface area contributed by atoms with Crippen LogP contribution in [0.1, 0.15) is 37.4 Å². The molecule has 8 aromatic rings. The Labute approximate surface area is 328 Å². The average Bonchev–Trinajstić information content (AvgIpc) is 3.81. The molecule has 6 aromatic heterocycles. The minimum absolute atomic E-state index is 0.372. The van der Waals surface area contributed by atoms with Gasteiger partial charge in [0.25, 0.3) is 0 Å². The number of nitrogens with one attached hydrogen (secondary N) is 1. The third-order valence-electron chi connectivity index (χ3n) is 8.23. The maximum atomic E-state index is 12.1. The fraction of sp³-hybridized carbons (Fsp3) is 0.100. The van der Waals surface area contributed by atoms with Gasteiger partial charge >= 0.3 is 11.9 Å². The highest BCUT2D eigenvalue weighted by Gasteiger charge is 2.18. The smallest absolute Gasteiger partial charge is 0.340 e. The molecule has 1 N–H and O–H groups in total. The van der Waals surface area contributed by atoms with E-state index in [2.05, 4.69) is 34.5 Å². The fourth-order valence-electron chi connectivity index (χ4n) is 5.64. The summed E-state index contributed by atoms with van der Waals surface area (Å²) in [5, 5.41) is 13.1. The number of ether oxygens (including phenoxy) is 2. The first kappa shape index (κ1) is 38.2. The number of pyridine rings is 4. The number of hydrogen-bond acceptors (Lipinski definition) is 9.